The van der Waals surface area contributed by atoms with Gasteiger partial charge in [0, 0.05) is 25.0 Å². The highest BCUT2D eigenvalue weighted by Crippen LogP contribution is 2.16. The van der Waals surface area contributed by atoms with E-state index in [9.17, 15) is 8.78 Å². The lowest BCUT2D eigenvalue weighted by atomic mass is 10.2. The number of rotatable bonds is 4. The van der Waals surface area contributed by atoms with Crippen molar-refractivity contribution >= 4 is 11.6 Å². The van der Waals surface area contributed by atoms with Crippen molar-refractivity contribution in [2.24, 2.45) is 0 Å². The van der Waals surface area contributed by atoms with Crippen molar-refractivity contribution in [2.75, 3.05) is 17.6 Å². The predicted octanol–water partition coefficient (Wildman–Crippen LogP) is 1.99. The Morgan fingerprint density at radius 2 is 2.11 bits per heavy atom. The summed E-state index contributed by atoms with van der Waals surface area (Å²) in [6.45, 7) is 0.459. The molecule has 0 spiro atoms. The summed E-state index contributed by atoms with van der Waals surface area (Å²) in [4.78, 5) is 7.57. The molecule has 2 aromatic rings. The van der Waals surface area contributed by atoms with E-state index in [0.717, 1.165) is 11.6 Å². The third-order valence-electron chi connectivity index (χ3n) is 2.39. The monoisotopic (exact) mass is 250 g/mol. The van der Waals surface area contributed by atoms with E-state index >= 15 is 0 Å². The molecule has 18 heavy (non-hydrogen) atoms. The minimum absolute atomic E-state index is 0.0437. The molecule has 0 amide bonds. The molecule has 0 radical (unpaired) electrons. The Morgan fingerprint density at radius 1 is 1.28 bits per heavy atom. The fraction of sp³-hybridized carbons (Fsp3) is 0.167. The number of nitrogen functional groups attached to an aromatic ring is 1. The quantitative estimate of drug-likeness (QED) is 0.871. The molecule has 0 aliphatic heterocycles. The van der Waals surface area contributed by atoms with E-state index in [1.165, 1.54) is 0 Å². The molecule has 0 fully saturated rings. The van der Waals surface area contributed by atoms with E-state index in [4.69, 9.17) is 5.73 Å². The molecule has 6 heteroatoms. The number of nitrogens with one attached hydrogen (secondary N) is 1. The van der Waals surface area contributed by atoms with Crippen LogP contribution in [0.4, 0.5) is 20.4 Å². The number of halogens is 2. The Hall–Kier alpha value is -2.24. The molecule has 0 aromatic carbocycles. The number of aromatic nitrogens is 2. The summed E-state index contributed by atoms with van der Waals surface area (Å²) in [5.74, 6) is -1.98. The van der Waals surface area contributed by atoms with Gasteiger partial charge in [-0.3, -0.25) is 4.98 Å². The van der Waals surface area contributed by atoms with Gasteiger partial charge in [0.25, 0.3) is 0 Å². The van der Waals surface area contributed by atoms with E-state index in [1.807, 2.05) is 12.1 Å². The number of nitrogens with zero attached hydrogens (tertiary/aromatic N) is 2. The first-order valence-corrected chi connectivity index (χ1v) is 5.41. The summed E-state index contributed by atoms with van der Waals surface area (Å²) in [7, 11) is 0. The van der Waals surface area contributed by atoms with Crippen molar-refractivity contribution in [1.82, 2.24) is 9.97 Å². The fourth-order valence-corrected chi connectivity index (χ4v) is 1.48. The van der Waals surface area contributed by atoms with Gasteiger partial charge in [0.2, 0.25) is 0 Å². The smallest absolute Gasteiger partial charge is 0.168 e. The van der Waals surface area contributed by atoms with Gasteiger partial charge in [0.15, 0.2) is 23.3 Å². The summed E-state index contributed by atoms with van der Waals surface area (Å²) in [6.07, 6.45) is 4.07. The zero-order chi connectivity index (χ0) is 13.0. The summed E-state index contributed by atoms with van der Waals surface area (Å²) in [5.41, 5.74) is 6.28. The Bertz CT molecular complexity index is 531. The fourth-order valence-electron chi connectivity index (χ4n) is 1.48. The molecule has 0 saturated carbocycles. The second-order valence-electron chi connectivity index (χ2n) is 3.72. The summed E-state index contributed by atoms with van der Waals surface area (Å²) >= 11 is 0. The van der Waals surface area contributed by atoms with Gasteiger partial charge in [0.05, 0.1) is 0 Å². The maximum Gasteiger partial charge on any atom is 0.168 e. The Balaban J connectivity index is 1.97. The summed E-state index contributed by atoms with van der Waals surface area (Å²) in [6, 6.07) is 4.45. The molecule has 3 N–H and O–H groups in total. The summed E-state index contributed by atoms with van der Waals surface area (Å²) in [5, 5.41) is 2.77. The minimum atomic E-state index is -0.856. The first kappa shape index (κ1) is 12.2. The van der Waals surface area contributed by atoms with Gasteiger partial charge < -0.3 is 11.1 Å². The van der Waals surface area contributed by atoms with Crippen LogP contribution in [0.3, 0.4) is 0 Å². The molecule has 0 atom stereocenters. The highest BCUT2D eigenvalue weighted by molar-refractivity contribution is 5.44. The van der Waals surface area contributed by atoms with E-state index in [1.54, 1.807) is 12.4 Å². The van der Waals surface area contributed by atoms with Gasteiger partial charge in [0.1, 0.15) is 0 Å². The zero-order valence-electron chi connectivity index (χ0n) is 9.53. The maximum atomic E-state index is 13.3. The molecule has 0 unspecified atom stereocenters. The zero-order valence-corrected chi connectivity index (χ0v) is 9.53. The van der Waals surface area contributed by atoms with E-state index in [2.05, 4.69) is 15.3 Å². The van der Waals surface area contributed by atoms with Crippen molar-refractivity contribution < 1.29 is 8.78 Å². The number of nitrogens with two attached hydrogens (primary N) is 1. The third kappa shape index (κ3) is 2.91. The second kappa shape index (κ2) is 5.39. The van der Waals surface area contributed by atoms with Crippen molar-refractivity contribution in [3.05, 3.63) is 47.8 Å². The van der Waals surface area contributed by atoms with Crippen LogP contribution in [-0.4, -0.2) is 16.5 Å². The van der Waals surface area contributed by atoms with E-state index < -0.39 is 11.6 Å². The van der Waals surface area contributed by atoms with Crippen LogP contribution in [0, 0.1) is 11.6 Å². The van der Waals surface area contributed by atoms with Crippen LogP contribution in [0.25, 0.3) is 0 Å². The van der Waals surface area contributed by atoms with Crippen LogP contribution in [0.5, 0.6) is 0 Å². The van der Waals surface area contributed by atoms with Crippen LogP contribution in [0.1, 0.15) is 5.56 Å². The van der Waals surface area contributed by atoms with Gasteiger partial charge in [-0.2, -0.15) is 0 Å². The normalized spacial score (nSPS) is 10.3. The lowest BCUT2D eigenvalue weighted by Crippen LogP contribution is -2.10. The third-order valence-corrected chi connectivity index (χ3v) is 2.39. The SMILES string of the molecule is Nc1nc(NCCc2cccnc2)c(F)cc1F. The molecular weight excluding hydrogens is 238 g/mol. The van der Waals surface area contributed by atoms with Gasteiger partial charge in [-0.05, 0) is 18.1 Å². The van der Waals surface area contributed by atoms with Gasteiger partial charge in [-0.25, -0.2) is 13.8 Å². The minimum Gasteiger partial charge on any atom is -0.381 e. The van der Waals surface area contributed by atoms with Gasteiger partial charge >= 0.3 is 0 Å². The molecule has 2 heterocycles. The largest absolute Gasteiger partial charge is 0.381 e. The molecular formula is C12H12F2N4. The number of hydrogen-bond donors (Lipinski definition) is 2. The first-order chi connectivity index (χ1) is 8.66. The molecule has 94 valence electrons. The van der Waals surface area contributed by atoms with Crippen LogP contribution < -0.4 is 11.1 Å². The van der Waals surface area contributed by atoms with Crippen molar-refractivity contribution in [3.8, 4) is 0 Å². The summed E-state index contributed by atoms with van der Waals surface area (Å²) < 4.78 is 26.2. The average molecular weight is 250 g/mol. The van der Waals surface area contributed by atoms with Gasteiger partial charge in [-0.15, -0.1) is 0 Å². The van der Waals surface area contributed by atoms with Crippen molar-refractivity contribution in [1.29, 1.82) is 0 Å². The Kier molecular flexibility index (Phi) is 3.66. The molecule has 0 aliphatic rings. The lowest BCUT2D eigenvalue weighted by molar-refractivity contribution is 0.579. The Labute approximate surface area is 103 Å². The van der Waals surface area contributed by atoms with Crippen molar-refractivity contribution in [3.63, 3.8) is 0 Å². The average Bonchev–Trinajstić information content (AvgIpc) is 2.37. The molecule has 0 aliphatic carbocycles. The van der Waals surface area contributed by atoms with Gasteiger partial charge in [-0.1, -0.05) is 6.07 Å². The predicted molar refractivity (Wildman–Crippen MR) is 65.0 cm³/mol. The van der Waals surface area contributed by atoms with E-state index in [-0.39, 0.29) is 11.6 Å². The molecule has 2 aromatic heterocycles. The topological polar surface area (TPSA) is 63.8 Å². The molecule has 0 bridgehead atoms. The molecule has 4 nitrogen and oxygen atoms in total. The van der Waals surface area contributed by atoms with Crippen molar-refractivity contribution in [2.45, 2.75) is 6.42 Å². The van der Waals surface area contributed by atoms with Crippen LogP contribution >= 0.6 is 0 Å². The molecule has 0 saturated heterocycles. The van der Waals surface area contributed by atoms with Crippen LogP contribution in [-0.2, 0) is 6.42 Å². The molecule has 2 rings (SSSR count). The van der Waals surface area contributed by atoms with Crippen LogP contribution in [0.15, 0.2) is 30.6 Å². The Morgan fingerprint density at radius 3 is 2.83 bits per heavy atom. The second-order valence-corrected chi connectivity index (χ2v) is 3.72. The number of hydrogen-bond acceptors (Lipinski definition) is 4. The van der Waals surface area contributed by atoms with E-state index in [0.29, 0.717) is 13.0 Å². The first-order valence-electron chi connectivity index (χ1n) is 5.41. The highest BCUT2D eigenvalue weighted by Gasteiger charge is 2.08. The number of pyridine rings is 2. The lowest BCUT2D eigenvalue weighted by Gasteiger charge is -2.07. The highest BCUT2D eigenvalue weighted by atomic mass is 19.1. The van der Waals surface area contributed by atoms with Crippen LogP contribution in [0.2, 0.25) is 0 Å². The standard InChI is InChI=1S/C12H12F2N4/c13-9-6-10(14)12(18-11(9)15)17-5-3-8-2-1-4-16-7-8/h1-2,4,6-7H,3,5H2,(H3,15,17,18). The maximum absolute atomic E-state index is 13.3. The number of anilines is 2.